The van der Waals surface area contributed by atoms with Crippen LogP contribution in [0.3, 0.4) is 0 Å². The van der Waals surface area contributed by atoms with Crippen molar-refractivity contribution in [2.45, 2.75) is 44.3 Å². The predicted molar refractivity (Wildman–Crippen MR) is 102 cm³/mol. The Morgan fingerprint density at radius 1 is 1.42 bits per heavy atom. The molecular weight excluding hydrogens is 332 g/mol. The number of hydrogen-bond donors (Lipinski definition) is 1. The molecular formula is C19H32N4O3. The van der Waals surface area contributed by atoms with Crippen molar-refractivity contribution < 1.29 is 9.84 Å². The Hall–Kier alpha value is -1.44. The number of aliphatic hydroxyl groups is 1. The minimum Gasteiger partial charge on any atom is -0.389 e. The summed E-state index contributed by atoms with van der Waals surface area (Å²) in [6, 6.07) is 0. The van der Waals surface area contributed by atoms with Crippen LogP contribution in [0.5, 0.6) is 0 Å². The number of ether oxygens (including phenoxy) is 1. The molecule has 0 radical (unpaired) electrons. The molecule has 0 amide bonds. The van der Waals surface area contributed by atoms with Crippen LogP contribution < -0.4 is 10.5 Å². The lowest BCUT2D eigenvalue weighted by atomic mass is 9.79. The Bertz CT molecular complexity index is 654. The molecule has 1 aromatic heterocycles. The van der Waals surface area contributed by atoms with Crippen LogP contribution in [0, 0.1) is 5.92 Å². The highest BCUT2D eigenvalue weighted by molar-refractivity contribution is 5.34. The van der Waals surface area contributed by atoms with Gasteiger partial charge in [-0.3, -0.25) is 9.69 Å². The summed E-state index contributed by atoms with van der Waals surface area (Å²) >= 11 is 0. The Kier molecular flexibility index (Phi) is 5.99. The van der Waals surface area contributed by atoms with Gasteiger partial charge in [-0.25, -0.2) is 4.98 Å². The van der Waals surface area contributed by atoms with E-state index in [1.54, 1.807) is 19.4 Å². The molecule has 7 heteroatoms. The Morgan fingerprint density at radius 2 is 2.15 bits per heavy atom. The molecule has 0 aromatic carbocycles. The molecule has 1 aliphatic carbocycles. The highest BCUT2D eigenvalue weighted by Gasteiger charge is 2.35. The maximum atomic E-state index is 12.2. The fourth-order valence-corrected chi connectivity index (χ4v) is 4.05. The van der Waals surface area contributed by atoms with E-state index in [1.165, 1.54) is 4.57 Å². The van der Waals surface area contributed by atoms with Crippen LogP contribution in [0.1, 0.15) is 32.6 Å². The van der Waals surface area contributed by atoms with Crippen molar-refractivity contribution in [2.75, 3.05) is 44.7 Å². The topological polar surface area (TPSA) is 70.8 Å². The summed E-state index contributed by atoms with van der Waals surface area (Å²) in [4.78, 5) is 20.6. The molecule has 2 heterocycles. The van der Waals surface area contributed by atoms with E-state index in [1.807, 2.05) is 11.9 Å². The van der Waals surface area contributed by atoms with Crippen molar-refractivity contribution in [1.29, 1.82) is 0 Å². The summed E-state index contributed by atoms with van der Waals surface area (Å²) in [6.07, 6.45) is 7.29. The molecule has 1 aliphatic heterocycles. The quantitative estimate of drug-likeness (QED) is 0.836. The second-order valence-corrected chi connectivity index (χ2v) is 8.18. The molecule has 146 valence electrons. The first-order valence-corrected chi connectivity index (χ1v) is 9.65. The number of β-amino-alcohol motifs (C(OH)–C–C–N with tert-alkyl or cyclic N) is 1. The maximum absolute atomic E-state index is 12.2. The van der Waals surface area contributed by atoms with Gasteiger partial charge in [0.15, 0.2) is 5.82 Å². The summed E-state index contributed by atoms with van der Waals surface area (Å²) in [5.41, 5.74) is -0.662. The van der Waals surface area contributed by atoms with E-state index >= 15 is 0 Å². The molecule has 2 fully saturated rings. The normalized spacial score (nSPS) is 30.3. The third-order valence-electron chi connectivity index (χ3n) is 5.78. The molecule has 26 heavy (non-hydrogen) atoms. The Balaban J connectivity index is 1.56. The lowest BCUT2D eigenvalue weighted by Gasteiger charge is -2.42. The number of likely N-dealkylation sites (N-methyl/N-ethyl adjacent to an activating group) is 1. The minimum absolute atomic E-state index is 0.00609. The number of nitrogens with zero attached hydrogens (tertiary/aromatic N) is 4. The van der Waals surface area contributed by atoms with Gasteiger partial charge in [0.2, 0.25) is 0 Å². The highest BCUT2D eigenvalue weighted by Crippen LogP contribution is 2.32. The van der Waals surface area contributed by atoms with Gasteiger partial charge in [0, 0.05) is 52.7 Å². The van der Waals surface area contributed by atoms with Crippen LogP contribution in [-0.2, 0) is 11.8 Å². The van der Waals surface area contributed by atoms with Crippen molar-refractivity contribution >= 4 is 5.82 Å². The molecule has 1 atom stereocenters. The first-order chi connectivity index (χ1) is 12.4. The van der Waals surface area contributed by atoms with E-state index in [0.717, 1.165) is 44.7 Å². The molecule has 7 nitrogen and oxygen atoms in total. The van der Waals surface area contributed by atoms with Crippen LogP contribution in [0.2, 0.25) is 0 Å². The van der Waals surface area contributed by atoms with Crippen molar-refractivity contribution in [2.24, 2.45) is 13.0 Å². The van der Waals surface area contributed by atoms with Crippen molar-refractivity contribution in [3.63, 3.8) is 0 Å². The first-order valence-electron chi connectivity index (χ1n) is 9.65. The number of rotatable bonds is 5. The van der Waals surface area contributed by atoms with E-state index in [-0.39, 0.29) is 11.7 Å². The molecule has 0 spiro atoms. The van der Waals surface area contributed by atoms with Crippen LogP contribution in [0.15, 0.2) is 17.2 Å². The molecule has 1 saturated heterocycles. The maximum Gasteiger partial charge on any atom is 0.293 e. The zero-order valence-corrected chi connectivity index (χ0v) is 16.2. The molecule has 1 N–H and O–H groups in total. The summed E-state index contributed by atoms with van der Waals surface area (Å²) < 4.78 is 7.44. The van der Waals surface area contributed by atoms with E-state index in [9.17, 15) is 9.90 Å². The first kappa shape index (κ1) is 19.3. The fourth-order valence-electron chi connectivity index (χ4n) is 4.05. The van der Waals surface area contributed by atoms with Crippen LogP contribution >= 0.6 is 0 Å². The number of aromatic nitrogens is 2. The standard InChI is InChI=1S/C19H32N4O3/c1-15-4-6-19(25,7-5-15)14-23-10-11-26-16(13-23)12-22(3)17-18(24)21(2)9-8-20-17/h8-9,15-16,25H,4-7,10-14H2,1-3H3. The second kappa shape index (κ2) is 8.06. The highest BCUT2D eigenvalue weighted by atomic mass is 16.5. The zero-order valence-electron chi connectivity index (χ0n) is 16.2. The largest absolute Gasteiger partial charge is 0.389 e. The number of anilines is 1. The lowest BCUT2D eigenvalue weighted by molar-refractivity contribution is -0.0768. The van der Waals surface area contributed by atoms with Crippen molar-refractivity contribution in [3.8, 4) is 0 Å². The average molecular weight is 364 g/mol. The molecule has 2 aliphatic rings. The fraction of sp³-hybridized carbons (Fsp3) is 0.789. The Morgan fingerprint density at radius 3 is 2.88 bits per heavy atom. The Labute approximate surface area is 155 Å². The molecule has 1 saturated carbocycles. The molecule has 3 rings (SSSR count). The smallest absolute Gasteiger partial charge is 0.293 e. The minimum atomic E-state index is -0.558. The van der Waals surface area contributed by atoms with Crippen LogP contribution in [-0.4, -0.2) is 71.1 Å². The summed E-state index contributed by atoms with van der Waals surface area (Å²) in [5, 5.41) is 10.9. The number of morpholine rings is 1. The summed E-state index contributed by atoms with van der Waals surface area (Å²) in [6.45, 7) is 5.87. The van der Waals surface area contributed by atoms with E-state index < -0.39 is 5.60 Å². The van der Waals surface area contributed by atoms with Crippen molar-refractivity contribution in [3.05, 3.63) is 22.7 Å². The van der Waals surface area contributed by atoms with Crippen LogP contribution in [0.25, 0.3) is 0 Å². The molecule has 1 aromatic rings. The van der Waals surface area contributed by atoms with Gasteiger partial charge in [0.25, 0.3) is 5.56 Å². The second-order valence-electron chi connectivity index (χ2n) is 8.18. The third kappa shape index (κ3) is 4.64. The van der Waals surface area contributed by atoms with Gasteiger partial charge in [-0.05, 0) is 31.6 Å². The van der Waals surface area contributed by atoms with Gasteiger partial charge >= 0.3 is 0 Å². The number of hydrogen-bond acceptors (Lipinski definition) is 6. The van der Waals surface area contributed by atoms with Gasteiger partial charge in [0.05, 0.1) is 18.3 Å². The van der Waals surface area contributed by atoms with E-state index in [2.05, 4.69) is 16.8 Å². The van der Waals surface area contributed by atoms with Gasteiger partial charge in [-0.15, -0.1) is 0 Å². The molecule has 1 unspecified atom stereocenters. The zero-order chi connectivity index (χ0) is 18.7. The van der Waals surface area contributed by atoms with Crippen molar-refractivity contribution in [1.82, 2.24) is 14.5 Å². The van der Waals surface area contributed by atoms with Gasteiger partial charge in [-0.2, -0.15) is 0 Å². The third-order valence-corrected chi connectivity index (χ3v) is 5.78. The number of aryl methyl sites for hydroxylation is 1. The van der Waals surface area contributed by atoms with E-state index in [0.29, 0.717) is 25.5 Å². The summed E-state index contributed by atoms with van der Waals surface area (Å²) in [7, 11) is 3.61. The summed E-state index contributed by atoms with van der Waals surface area (Å²) in [5.74, 6) is 1.16. The van der Waals surface area contributed by atoms with Gasteiger partial charge < -0.3 is 19.3 Å². The predicted octanol–water partition coefficient (Wildman–Crippen LogP) is 0.859. The average Bonchev–Trinajstić information content (AvgIpc) is 2.60. The van der Waals surface area contributed by atoms with Gasteiger partial charge in [0.1, 0.15) is 0 Å². The van der Waals surface area contributed by atoms with Gasteiger partial charge in [-0.1, -0.05) is 6.92 Å². The SMILES string of the molecule is CC1CCC(O)(CN2CCOC(CN(C)c3nccn(C)c3=O)C2)CC1. The molecule has 0 bridgehead atoms. The lowest BCUT2D eigenvalue weighted by Crippen LogP contribution is -2.53. The van der Waals surface area contributed by atoms with Crippen LogP contribution in [0.4, 0.5) is 5.82 Å². The monoisotopic (exact) mass is 364 g/mol. The van der Waals surface area contributed by atoms with E-state index in [4.69, 9.17) is 4.74 Å².